The molecule has 0 atom stereocenters. The number of esters is 1. The number of likely N-dealkylation sites (N-methyl/N-ethyl adjacent to an activating group) is 1. The van der Waals surface area contributed by atoms with E-state index in [1.807, 2.05) is 0 Å². The summed E-state index contributed by atoms with van der Waals surface area (Å²) in [6.45, 7) is 4.37. The van der Waals surface area contributed by atoms with Gasteiger partial charge in [0.1, 0.15) is 0 Å². The molecule has 0 aromatic carbocycles. The number of amides is 1. The number of hydrogen-bond donors (Lipinski definition) is 1. The van der Waals surface area contributed by atoms with E-state index < -0.39 is 5.97 Å². The molecule has 0 radical (unpaired) electrons. The molecule has 0 rings (SSSR count). The highest BCUT2D eigenvalue weighted by Gasteiger charge is 1.95. The Balaban J connectivity index is 3.73. The van der Waals surface area contributed by atoms with Gasteiger partial charge in [-0.15, -0.1) is 0 Å². The zero-order valence-electron chi connectivity index (χ0n) is 7.29. The fourth-order valence-corrected chi connectivity index (χ4v) is 0.567. The van der Waals surface area contributed by atoms with Gasteiger partial charge in [0.25, 0.3) is 0 Å². The van der Waals surface area contributed by atoms with Crippen LogP contribution in [0.5, 0.6) is 0 Å². The van der Waals surface area contributed by atoms with Crippen molar-refractivity contribution in [1.82, 2.24) is 5.32 Å². The van der Waals surface area contributed by atoms with Crippen molar-refractivity contribution in [1.29, 1.82) is 0 Å². The van der Waals surface area contributed by atoms with Crippen LogP contribution in [0.15, 0.2) is 12.2 Å². The van der Waals surface area contributed by atoms with Crippen LogP contribution in [-0.2, 0) is 14.3 Å². The highest BCUT2D eigenvalue weighted by Crippen LogP contribution is 1.80. The quantitative estimate of drug-likeness (QED) is 0.487. The molecule has 0 spiro atoms. The Kier molecular flexibility index (Phi) is 5.69. The van der Waals surface area contributed by atoms with Crippen molar-refractivity contribution in [3.05, 3.63) is 12.2 Å². The number of carbonyl (C=O) groups is 2. The molecule has 68 valence electrons. The predicted octanol–water partition coefficient (Wildman–Crippen LogP) is 0.242. The largest absolute Gasteiger partial charge is 0.463 e. The van der Waals surface area contributed by atoms with Crippen LogP contribution in [0.4, 0.5) is 0 Å². The number of hydrogen-bond acceptors (Lipinski definition) is 3. The maximum Gasteiger partial charge on any atom is 0.330 e. The number of ether oxygens (including phenoxy) is 1. The van der Waals surface area contributed by atoms with E-state index >= 15 is 0 Å². The van der Waals surface area contributed by atoms with Crippen molar-refractivity contribution >= 4 is 11.9 Å². The van der Waals surface area contributed by atoms with Crippen molar-refractivity contribution in [3.8, 4) is 0 Å². The Labute approximate surface area is 71.6 Å². The van der Waals surface area contributed by atoms with Gasteiger partial charge in [-0.25, -0.2) is 4.79 Å². The van der Waals surface area contributed by atoms with Crippen LogP contribution in [0.2, 0.25) is 0 Å². The highest BCUT2D eigenvalue weighted by molar-refractivity contribution is 5.94. The minimum Gasteiger partial charge on any atom is -0.463 e. The summed E-state index contributed by atoms with van der Waals surface area (Å²) in [6, 6.07) is 0. The van der Waals surface area contributed by atoms with Gasteiger partial charge >= 0.3 is 5.97 Å². The van der Waals surface area contributed by atoms with Gasteiger partial charge in [0.2, 0.25) is 5.91 Å². The third kappa shape index (κ3) is 5.46. The molecule has 12 heavy (non-hydrogen) atoms. The lowest BCUT2D eigenvalue weighted by molar-refractivity contribution is -0.137. The molecule has 0 heterocycles. The molecule has 0 aromatic heterocycles. The van der Waals surface area contributed by atoms with Gasteiger partial charge in [-0.05, 0) is 13.8 Å². The van der Waals surface area contributed by atoms with Gasteiger partial charge in [-0.2, -0.15) is 0 Å². The summed E-state index contributed by atoms with van der Waals surface area (Å²) in [5, 5.41) is 2.51. The average Bonchev–Trinajstić information content (AvgIpc) is 2.02. The van der Waals surface area contributed by atoms with Gasteiger partial charge in [-0.1, -0.05) is 0 Å². The molecule has 0 fully saturated rings. The van der Waals surface area contributed by atoms with Crippen LogP contribution in [-0.4, -0.2) is 25.0 Å². The summed E-state index contributed by atoms with van der Waals surface area (Å²) < 4.78 is 4.56. The van der Waals surface area contributed by atoms with E-state index in [1.54, 1.807) is 13.8 Å². The first-order valence-corrected chi connectivity index (χ1v) is 3.83. The summed E-state index contributed by atoms with van der Waals surface area (Å²) in [5.74, 6) is -0.783. The Morgan fingerprint density at radius 1 is 1.33 bits per heavy atom. The smallest absolute Gasteiger partial charge is 0.330 e. The maximum absolute atomic E-state index is 10.7. The first-order valence-electron chi connectivity index (χ1n) is 3.83. The van der Waals surface area contributed by atoms with Crippen LogP contribution in [0.25, 0.3) is 0 Å². The second-order valence-corrected chi connectivity index (χ2v) is 1.98. The van der Waals surface area contributed by atoms with Crippen molar-refractivity contribution in [2.45, 2.75) is 13.8 Å². The molecule has 1 N–H and O–H groups in total. The Morgan fingerprint density at radius 2 is 2.00 bits per heavy atom. The Bertz CT molecular complexity index is 167. The van der Waals surface area contributed by atoms with E-state index in [-0.39, 0.29) is 5.91 Å². The lowest BCUT2D eigenvalue weighted by Crippen LogP contribution is -2.20. The first-order chi connectivity index (χ1) is 5.70. The zero-order chi connectivity index (χ0) is 9.40. The van der Waals surface area contributed by atoms with Crippen LogP contribution in [0.1, 0.15) is 13.8 Å². The monoisotopic (exact) mass is 171 g/mol. The molecule has 0 unspecified atom stereocenters. The van der Waals surface area contributed by atoms with Gasteiger partial charge in [0.05, 0.1) is 6.61 Å². The Hall–Kier alpha value is -1.32. The first kappa shape index (κ1) is 10.7. The lowest BCUT2D eigenvalue weighted by Gasteiger charge is -1.95. The van der Waals surface area contributed by atoms with Gasteiger partial charge in [0.15, 0.2) is 0 Å². The van der Waals surface area contributed by atoms with Crippen LogP contribution < -0.4 is 5.32 Å². The fourth-order valence-electron chi connectivity index (χ4n) is 0.567. The van der Waals surface area contributed by atoms with Gasteiger partial charge in [0, 0.05) is 18.7 Å². The fraction of sp³-hybridized carbons (Fsp3) is 0.500. The van der Waals surface area contributed by atoms with Gasteiger partial charge in [-0.3, -0.25) is 4.79 Å². The van der Waals surface area contributed by atoms with E-state index in [9.17, 15) is 9.59 Å². The van der Waals surface area contributed by atoms with Crippen molar-refractivity contribution in [3.63, 3.8) is 0 Å². The number of nitrogens with one attached hydrogen (secondary N) is 1. The third-order valence-corrected chi connectivity index (χ3v) is 1.01. The van der Waals surface area contributed by atoms with Crippen molar-refractivity contribution in [2.24, 2.45) is 0 Å². The minimum atomic E-state index is -0.497. The molecular formula is C8H13NO3. The maximum atomic E-state index is 10.7. The summed E-state index contributed by atoms with van der Waals surface area (Å²) >= 11 is 0. The summed E-state index contributed by atoms with van der Waals surface area (Å²) in [5.41, 5.74) is 0. The summed E-state index contributed by atoms with van der Waals surface area (Å²) in [6.07, 6.45) is 2.26. The third-order valence-electron chi connectivity index (χ3n) is 1.01. The van der Waals surface area contributed by atoms with Gasteiger partial charge < -0.3 is 10.1 Å². The van der Waals surface area contributed by atoms with E-state index in [1.165, 1.54) is 0 Å². The summed E-state index contributed by atoms with van der Waals surface area (Å²) in [4.78, 5) is 21.4. The molecule has 0 saturated heterocycles. The zero-order valence-corrected chi connectivity index (χ0v) is 7.29. The molecule has 4 heteroatoms. The molecular weight excluding hydrogens is 158 g/mol. The molecule has 0 aliphatic heterocycles. The van der Waals surface area contributed by atoms with Crippen LogP contribution in [0, 0.1) is 0 Å². The molecule has 0 aliphatic carbocycles. The molecule has 1 amide bonds. The molecule has 0 bridgehead atoms. The second kappa shape index (κ2) is 6.39. The second-order valence-electron chi connectivity index (χ2n) is 1.98. The van der Waals surface area contributed by atoms with Crippen LogP contribution >= 0.6 is 0 Å². The molecule has 4 nitrogen and oxygen atoms in total. The standard InChI is InChI=1S/C8H13NO3/c1-3-9-7(10)5-6-8(11)12-4-2/h5-6H,3-4H2,1-2H3,(H,9,10). The summed E-state index contributed by atoms with van der Waals surface area (Å²) in [7, 11) is 0. The molecule has 0 saturated carbocycles. The highest BCUT2D eigenvalue weighted by atomic mass is 16.5. The Morgan fingerprint density at radius 3 is 2.50 bits per heavy atom. The van der Waals surface area contributed by atoms with Crippen molar-refractivity contribution < 1.29 is 14.3 Å². The van der Waals surface area contributed by atoms with E-state index in [2.05, 4.69) is 10.1 Å². The predicted molar refractivity (Wildman–Crippen MR) is 44.5 cm³/mol. The van der Waals surface area contributed by atoms with E-state index in [4.69, 9.17) is 0 Å². The lowest BCUT2D eigenvalue weighted by atomic mass is 10.4. The molecule has 0 aromatic rings. The minimum absolute atomic E-state index is 0.287. The topological polar surface area (TPSA) is 55.4 Å². The van der Waals surface area contributed by atoms with Crippen molar-refractivity contribution in [2.75, 3.05) is 13.2 Å². The van der Waals surface area contributed by atoms with E-state index in [0.717, 1.165) is 12.2 Å². The number of carbonyl (C=O) groups excluding carboxylic acids is 2. The molecule has 0 aliphatic rings. The average molecular weight is 171 g/mol. The van der Waals surface area contributed by atoms with Crippen LogP contribution in [0.3, 0.4) is 0 Å². The number of rotatable bonds is 4. The normalized spacial score (nSPS) is 9.83. The SMILES string of the molecule is CCNC(=O)C=CC(=O)OCC. The van der Waals surface area contributed by atoms with E-state index in [0.29, 0.717) is 13.2 Å².